The maximum atomic E-state index is 13.1. The number of rotatable bonds is 4. The number of alkyl halides is 1. The van der Waals surface area contributed by atoms with E-state index >= 15 is 0 Å². The smallest absolute Gasteiger partial charge is 0.238 e. The van der Waals surface area contributed by atoms with Crippen LogP contribution in [0.25, 0.3) is 16.9 Å². The molecule has 2 N–H and O–H groups in total. The zero-order valence-electron chi connectivity index (χ0n) is 13.0. The quantitative estimate of drug-likeness (QED) is 0.789. The number of aromatic nitrogens is 2. The monoisotopic (exact) mass is 345 g/mol. The third-order valence-corrected chi connectivity index (χ3v) is 4.58. The molecule has 0 bridgehead atoms. The molecule has 1 aromatic heterocycles. The van der Waals surface area contributed by atoms with Gasteiger partial charge in [0.2, 0.25) is 10.0 Å². The average Bonchev–Trinajstić information content (AvgIpc) is 2.99. The highest BCUT2D eigenvalue weighted by Crippen LogP contribution is 2.25. The van der Waals surface area contributed by atoms with Gasteiger partial charge in [0.25, 0.3) is 0 Å². The maximum Gasteiger partial charge on any atom is 0.238 e. The standard InChI is InChI=1S/C17H16FN3O2S/c1-12-2-4-13(5-3-12)17-10-14(11-18)20-21(17)15-6-8-16(9-7-15)24(19,22)23/h2-10H,11H2,1H3,(H2,19,22,23). The summed E-state index contributed by atoms with van der Waals surface area (Å²) in [6, 6.07) is 15.5. The Labute approximate surface area is 139 Å². The zero-order chi connectivity index (χ0) is 17.3. The summed E-state index contributed by atoms with van der Waals surface area (Å²) < 4.78 is 37.4. The number of hydrogen-bond donors (Lipinski definition) is 1. The molecule has 0 atom stereocenters. The van der Waals surface area contributed by atoms with E-state index in [1.807, 2.05) is 31.2 Å². The molecule has 0 aliphatic heterocycles. The van der Waals surface area contributed by atoms with Crippen LogP contribution in [0.4, 0.5) is 4.39 Å². The van der Waals surface area contributed by atoms with Gasteiger partial charge in [0.15, 0.2) is 0 Å². The van der Waals surface area contributed by atoms with E-state index in [0.717, 1.165) is 16.8 Å². The van der Waals surface area contributed by atoms with Crippen LogP contribution in [-0.4, -0.2) is 18.2 Å². The summed E-state index contributed by atoms with van der Waals surface area (Å²) >= 11 is 0. The minimum absolute atomic E-state index is 0.0148. The Kier molecular flexibility index (Phi) is 4.21. The first-order valence-electron chi connectivity index (χ1n) is 7.23. The van der Waals surface area contributed by atoms with Gasteiger partial charge in [0, 0.05) is 5.56 Å². The van der Waals surface area contributed by atoms with Gasteiger partial charge in [-0.2, -0.15) is 5.10 Å². The average molecular weight is 345 g/mol. The molecule has 0 fully saturated rings. The second kappa shape index (κ2) is 6.18. The van der Waals surface area contributed by atoms with Crippen molar-refractivity contribution in [2.24, 2.45) is 5.14 Å². The van der Waals surface area contributed by atoms with Crippen molar-refractivity contribution in [3.8, 4) is 16.9 Å². The van der Waals surface area contributed by atoms with Gasteiger partial charge in [-0.1, -0.05) is 29.8 Å². The minimum atomic E-state index is -3.76. The van der Waals surface area contributed by atoms with Crippen LogP contribution in [0.3, 0.4) is 0 Å². The predicted octanol–water partition coefficient (Wildman–Crippen LogP) is 2.96. The summed E-state index contributed by atoms with van der Waals surface area (Å²) in [7, 11) is -3.76. The lowest BCUT2D eigenvalue weighted by Crippen LogP contribution is -2.12. The first kappa shape index (κ1) is 16.4. The van der Waals surface area contributed by atoms with E-state index in [1.165, 1.54) is 12.1 Å². The first-order chi connectivity index (χ1) is 11.4. The van der Waals surface area contributed by atoms with Crippen molar-refractivity contribution in [1.29, 1.82) is 0 Å². The van der Waals surface area contributed by atoms with E-state index in [4.69, 9.17) is 5.14 Å². The fourth-order valence-electron chi connectivity index (χ4n) is 2.40. The van der Waals surface area contributed by atoms with Crippen LogP contribution in [0, 0.1) is 6.92 Å². The molecule has 0 saturated heterocycles. The van der Waals surface area contributed by atoms with Gasteiger partial charge < -0.3 is 0 Å². The molecule has 3 aromatic rings. The molecule has 0 saturated carbocycles. The van der Waals surface area contributed by atoms with Crippen LogP contribution in [-0.2, 0) is 16.7 Å². The molecule has 2 aromatic carbocycles. The molecular weight excluding hydrogens is 329 g/mol. The maximum absolute atomic E-state index is 13.1. The Morgan fingerprint density at radius 1 is 1.08 bits per heavy atom. The van der Waals surface area contributed by atoms with Crippen LogP contribution >= 0.6 is 0 Å². The van der Waals surface area contributed by atoms with Gasteiger partial charge in [0.1, 0.15) is 6.67 Å². The highest BCUT2D eigenvalue weighted by Gasteiger charge is 2.13. The molecule has 1 heterocycles. The molecule has 124 valence electrons. The van der Waals surface area contributed by atoms with Crippen LogP contribution in [0.1, 0.15) is 11.3 Å². The number of sulfonamides is 1. The molecule has 24 heavy (non-hydrogen) atoms. The van der Waals surface area contributed by atoms with Gasteiger partial charge in [0.05, 0.1) is 22.0 Å². The van der Waals surface area contributed by atoms with Crippen molar-refractivity contribution in [1.82, 2.24) is 9.78 Å². The summed E-state index contributed by atoms with van der Waals surface area (Å²) in [5.41, 5.74) is 3.67. The normalized spacial score (nSPS) is 11.6. The molecule has 0 aliphatic rings. The lowest BCUT2D eigenvalue weighted by molar-refractivity contribution is 0.473. The van der Waals surface area contributed by atoms with E-state index in [9.17, 15) is 12.8 Å². The molecule has 0 radical (unpaired) electrons. The Morgan fingerprint density at radius 2 is 1.71 bits per heavy atom. The molecule has 0 unspecified atom stereocenters. The zero-order valence-corrected chi connectivity index (χ0v) is 13.8. The largest absolute Gasteiger partial charge is 0.244 e. The van der Waals surface area contributed by atoms with Gasteiger partial charge in [-0.25, -0.2) is 22.6 Å². The topological polar surface area (TPSA) is 78.0 Å². The fraction of sp³-hybridized carbons (Fsp3) is 0.118. The number of hydrogen-bond acceptors (Lipinski definition) is 3. The Hall–Kier alpha value is -2.51. The summed E-state index contributed by atoms with van der Waals surface area (Å²) in [5.74, 6) is 0. The Bertz CT molecular complexity index is 962. The molecular formula is C17H16FN3O2S. The number of benzene rings is 2. The van der Waals surface area contributed by atoms with E-state index in [1.54, 1.807) is 22.9 Å². The van der Waals surface area contributed by atoms with Gasteiger partial charge in [-0.15, -0.1) is 0 Å². The number of primary sulfonamides is 1. The van der Waals surface area contributed by atoms with Gasteiger partial charge in [-0.3, -0.25) is 0 Å². The first-order valence-corrected chi connectivity index (χ1v) is 8.78. The molecule has 0 spiro atoms. The van der Waals surface area contributed by atoms with Gasteiger partial charge in [-0.05, 0) is 37.3 Å². The minimum Gasteiger partial charge on any atom is -0.244 e. The van der Waals surface area contributed by atoms with E-state index in [-0.39, 0.29) is 4.90 Å². The van der Waals surface area contributed by atoms with Crippen LogP contribution in [0.15, 0.2) is 59.5 Å². The third-order valence-electron chi connectivity index (χ3n) is 3.65. The SMILES string of the molecule is Cc1ccc(-c2cc(CF)nn2-c2ccc(S(N)(=O)=O)cc2)cc1. The molecule has 5 nitrogen and oxygen atoms in total. The van der Waals surface area contributed by atoms with Crippen LogP contribution < -0.4 is 5.14 Å². The molecule has 3 rings (SSSR count). The van der Waals surface area contributed by atoms with E-state index < -0.39 is 16.7 Å². The van der Waals surface area contributed by atoms with Crippen molar-refractivity contribution in [2.75, 3.05) is 0 Å². The number of nitrogens with zero attached hydrogens (tertiary/aromatic N) is 2. The van der Waals surface area contributed by atoms with E-state index in [0.29, 0.717) is 11.4 Å². The highest BCUT2D eigenvalue weighted by atomic mass is 32.2. The van der Waals surface area contributed by atoms with Crippen LogP contribution in [0.5, 0.6) is 0 Å². The lowest BCUT2D eigenvalue weighted by atomic mass is 10.1. The van der Waals surface area contributed by atoms with Gasteiger partial charge >= 0.3 is 0 Å². The second-order valence-corrected chi connectivity index (χ2v) is 7.03. The van der Waals surface area contributed by atoms with Crippen molar-refractivity contribution in [3.05, 3.63) is 65.9 Å². The Morgan fingerprint density at radius 3 is 2.25 bits per heavy atom. The molecule has 0 amide bonds. The van der Waals surface area contributed by atoms with Crippen molar-refractivity contribution >= 4 is 10.0 Å². The number of aryl methyl sites for hydroxylation is 1. The number of halogens is 1. The third kappa shape index (κ3) is 3.22. The predicted molar refractivity (Wildman–Crippen MR) is 89.9 cm³/mol. The fourth-order valence-corrected chi connectivity index (χ4v) is 2.91. The molecule has 7 heteroatoms. The summed E-state index contributed by atoms with van der Waals surface area (Å²) in [6.07, 6.45) is 0. The number of nitrogens with two attached hydrogens (primary N) is 1. The Balaban J connectivity index is 2.10. The summed E-state index contributed by atoms with van der Waals surface area (Å²) in [6.45, 7) is 1.31. The summed E-state index contributed by atoms with van der Waals surface area (Å²) in [4.78, 5) is 0.0148. The lowest BCUT2D eigenvalue weighted by Gasteiger charge is -2.08. The van der Waals surface area contributed by atoms with E-state index in [2.05, 4.69) is 5.10 Å². The highest BCUT2D eigenvalue weighted by molar-refractivity contribution is 7.89. The van der Waals surface area contributed by atoms with Crippen molar-refractivity contribution in [2.45, 2.75) is 18.5 Å². The summed E-state index contributed by atoms with van der Waals surface area (Å²) in [5, 5.41) is 9.36. The molecule has 0 aliphatic carbocycles. The second-order valence-electron chi connectivity index (χ2n) is 5.47. The van der Waals surface area contributed by atoms with Crippen LogP contribution in [0.2, 0.25) is 0 Å². The van der Waals surface area contributed by atoms with Crippen molar-refractivity contribution in [3.63, 3.8) is 0 Å². The van der Waals surface area contributed by atoms with Crippen molar-refractivity contribution < 1.29 is 12.8 Å².